The number of carbonyl (C=O) groups is 8. The van der Waals surface area contributed by atoms with Gasteiger partial charge < -0.3 is 9.47 Å². The van der Waals surface area contributed by atoms with Crippen LogP contribution in [-0.2, 0) is 24.6 Å². The van der Waals surface area contributed by atoms with E-state index in [1.54, 1.807) is 38.1 Å². The van der Waals surface area contributed by atoms with Gasteiger partial charge in [0.1, 0.15) is 36.3 Å². The Morgan fingerprint density at radius 2 is 0.860 bits per heavy atom. The quantitative estimate of drug-likeness (QED) is 0.188. The average Bonchev–Trinajstić information content (AvgIpc) is 3.77. The van der Waals surface area contributed by atoms with Gasteiger partial charge >= 0.3 is 0 Å². The van der Waals surface area contributed by atoms with Crippen molar-refractivity contribution < 1.29 is 47.8 Å². The van der Waals surface area contributed by atoms with Crippen molar-refractivity contribution in [3.8, 4) is 23.0 Å². The zero-order chi connectivity index (χ0) is 40.5. The highest BCUT2D eigenvalue weighted by atomic mass is 16.5. The van der Waals surface area contributed by atoms with Gasteiger partial charge in [-0.2, -0.15) is 0 Å². The molecular formula is C43H36N4O10. The van der Waals surface area contributed by atoms with Gasteiger partial charge in [0.15, 0.2) is 0 Å². The highest BCUT2D eigenvalue weighted by Crippen LogP contribution is 2.38. The molecule has 0 radical (unpaired) electrons. The topological polar surface area (TPSA) is 168 Å². The fraction of sp³-hybridized carbons (Fsp3) is 0.256. The lowest BCUT2D eigenvalue weighted by atomic mass is 9.78. The van der Waals surface area contributed by atoms with E-state index in [0.29, 0.717) is 23.0 Å². The molecule has 14 heteroatoms. The molecule has 0 bridgehead atoms. The first kappa shape index (κ1) is 37.0. The smallest absolute Gasteiger partial charge is 0.263 e. The number of benzene rings is 4. The van der Waals surface area contributed by atoms with Crippen molar-refractivity contribution in [1.29, 1.82) is 0 Å². The first-order valence-electron chi connectivity index (χ1n) is 18.4. The summed E-state index contributed by atoms with van der Waals surface area (Å²) >= 11 is 0. The second-order valence-electron chi connectivity index (χ2n) is 15.2. The Labute approximate surface area is 326 Å². The van der Waals surface area contributed by atoms with E-state index >= 15 is 0 Å². The fourth-order valence-corrected chi connectivity index (χ4v) is 7.54. The van der Waals surface area contributed by atoms with Crippen LogP contribution in [0.3, 0.4) is 0 Å². The van der Waals surface area contributed by atoms with Crippen molar-refractivity contribution in [2.45, 2.75) is 46.0 Å². The van der Waals surface area contributed by atoms with Gasteiger partial charge in [0.05, 0.1) is 22.3 Å². The number of ether oxygens (including phenoxy) is 2. The first-order chi connectivity index (χ1) is 27.1. The molecule has 4 aliphatic heterocycles. The van der Waals surface area contributed by atoms with Crippen molar-refractivity contribution in [1.82, 2.24) is 19.6 Å². The highest BCUT2D eigenvalue weighted by molar-refractivity contribution is 6.22. The van der Waals surface area contributed by atoms with Gasteiger partial charge in [-0.15, -0.1) is 0 Å². The maximum absolute atomic E-state index is 13.3. The Balaban J connectivity index is 0.960. The Kier molecular flexibility index (Phi) is 8.86. The maximum atomic E-state index is 13.3. The van der Waals surface area contributed by atoms with E-state index in [0.717, 1.165) is 30.7 Å². The number of carbonyl (C=O) groups excluding carboxylic acids is 8. The molecule has 2 saturated heterocycles. The molecule has 288 valence electrons. The molecule has 0 saturated carbocycles. The Morgan fingerprint density at radius 1 is 0.491 bits per heavy atom. The monoisotopic (exact) mass is 768 g/mol. The number of imide groups is 4. The summed E-state index contributed by atoms with van der Waals surface area (Å²) in [5.74, 6) is -3.56. The van der Waals surface area contributed by atoms with Gasteiger partial charge in [0.2, 0.25) is 23.6 Å². The van der Waals surface area contributed by atoms with Crippen LogP contribution in [0.25, 0.3) is 0 Å². The van der Waals surface area contributed by atoms with E-state index in [-0.39, 0.29) is 35.1 Å². The molecule has 4 aromatic carbocycles. The summed E-state index contributed by atoms with van der Waals surface area (Å²) in [7, 11) is 0. The van der Waals surface area contributed by atoms with Crippen LogP contribution in [0.1, 0.15) is 93.1 Å². The summed E-state index contributed by atoms with van der Waals surface area (Å²) < 4.78 is 12.3. The fourth-order valence-electron chi connectivity index (χ4n) is 7.54. The minimum Gasteiger partial charge on any atom is -0.457 e. The SMILES string of the molecule is CC1CC(=O)N(CN2C(=O)c3ccc(Oc4cccc(C(C)(C)c5cccc(Oc6ccc7c(c6)C(=O)N(CN6C(=O)CC(C)C6=O)C7=O)c5)c4)cc3C2=O)C1=O. The van der Waals surface area contributed by atoms with Crippen LogP contribution in [0.15, 0.2) is 84.9 Å². The number of likely N-dealkylation sites (tertiary alicyclic amines) is 2. The summed E-state index contributed by atoms with van der Waals surface area (Å²) in [5.41, 5.74) is 1.72. The van der Waals surface area contributed by atoms with Crippen molar-refractivity contribution >= 4 is 47.3 Å². The summed E-state index contributed by atoms with van der Waals surface area (Å²) in [6, 6.07) is 23.9. The third-order valence-electron chi connectivity index (χ3n) is 11.0. The number of rotatable bonds is 10. The van der Waals surface area contributed by atoms with Gasteiger partial charge in [-0.05, 0) is 71.8 Å². The molecule has 14 nitrogen and oxygen atoms in total. The third-order valence-corrected chi connectivity index (χ3v) is 11.0. The predicted octanol–water partition coefficient (Wildman–Crippen LogP) is 5.49. The number of amides is 8. The van der Waals surface area contributed by atoms with E-state index in [1.165, 1.54) is 24.3 Å². The van der Waals surface area contributed by atoms with E-state index < -0.39 is 77.8 Å². The third kappa shape index (κ3) is 6.32. The number of hydrogen-bond donors (Lipinski definition) is 0. The van der Waals surface area contributed by atoms with Gasteiger partial charge in [-0.25, -0.2) is 0 Å². The highest BCUT2D eigenvalue weighted by Gasteiger charge is 2.44. The van der Waals surface area contributed by atoms with Crippen LogP contribution >= 0.6 is 0 Å². The van der Waals surface area contributed by atoms with Crippen LogP contribution < -0.4 is 9.47 Å². The van der Waals surface area contributed by atoms with E-state index in [4.69, 9.17) is 9.47 Å². The molecular weight excluding hydrogens is 732 g/mol. The molecule has 8 amide bonds. The Morgan fingerprint density at radius 3 is 1.23 bits per heavy atom. The number of nitrogens with zero attached hydrogens (tertiary/aromatic N) is 4. The van der Waals surface area contributed by atoms with Crippen LogP contribution in [0.4, 0.5) is 0 Å². The molecule has 0 spiro atoms. The normalized spacial score (nSPS) is 19.4. The Hall–Kier alpha value is -6.96. The van der Waals surface area contributed by atoms with Crippen LogP contribution in [0.2, 0.25) is 0 Å². The second kappa shape index (κ2) is 13.7. The van der Waals surface area contributed by atoms with Gasteiger partial charge in [-0.1, -0.05) is 52.0 Å². The summed E-state index contributed by atoms with van der Waals surface area (Å²) in [4.78, 5) is 106. The molecule has 4 aliphatic rings. The van der Waals surface area contributed by atoms with Crippen molar-refractivity contribution in [3.05, 3.63) is 118 Å². The summed E-state index contributed by atoms with van der Waals surface area (Å²) in [6.07, 6.45) is 0.0706. The predicted molar refractivity (Wildman–Crippen MR) is 200 cm³/mol. The van der Waals surface area contributed by atoms with E-state index in [2.05, 4.69) is 0 Å². The molecule has 4 heterocycles. The van der Waals surface area contributed by atoms with Crippen molar-refractivity contribution in [3.63, 3.8) is 0 Å². The van der Waals surface area contributed by atoms with Crippen molar-refractivity contribution in [2.75, 3.05) is 13.3 Å². The molecule has 0 aromatic heterocycles. The number of hydrogen-bond acceptors (Lipinski definition) is 10. The number of fused-ring (bicyclic) bond motifs is 2. The standard InChI is InChI=1S/C43H36N4O10/c1-23-15-35(48)44(37(23)50)21-46-39(52)31-13-11-29(19-33(31)41(46)54)56-27-9-5-7-25(17-27)43(3,4)26-8-6-10-28(18-26)57-30-12-14-32-34(20-30)42(55)47(40(32)53)22-45-36(49)16-24(2)38(45)51/h5-14,17-20,23-24H,15-16,21-22H2,1-4H3. The maximum Gasteiger partial charge on any atom is 0.263 e. The molecule has 2 fully saturated rings. The van der Waals surface area contributed by atoms with Gasteiger partial charge in [-0.3, -0.25) is 58.0 Å². The minimum atomic E-state index is -0.623. The van der Waals surface area contributed by atoms with E-state index in [1.807, 2.05) is 50.2 Å². The zero-order valence-electron chi connectivity index (χ0n) is 31.4. The molecule has 0 N–H and O–H groups in total. The van der Waals surface area contributed by atoms with Crippen LogP contribution in [0, 0.1) is 11.8 Å². The molecule has 0 aliphatic carbocycles. The van der Waals surface area contributed by atoms with Crippen LogP contribution in [-0.4, -0.2) is 80.2 Å². The molecule has 8 rings (SSSR count). The van der Waals surface area contributed by atoms with Gasteiger partial charge in [0, 0.05) is 30.1 Å². The van der Waals surface area contributed by atoms with Crippen LogP contribution in [0.5, 0.6) is 23.0 Å². The average molecular weight is 769 g/mol. The molecule has 2 unspecified atom stereocenters. The lowest BCUT2D eigenvalue weighted by molar-refractivity contribution is -0.142. The zero-order valence-corrected chi connectivity index (χ0v) is 31.4. The first-order valence-corrected chi connectivity index (χ1v) is 18.4. The molecule has 57 heavy (non-hydrogen) atoms. The minimum absolute atomic E-state index is 0.0353. The lowest BCUT2D eigenvalue weighted by Gasteiger charge is -2.27. The molecule has 2 atom stereocenters. The van der Waals surface area contributed by atoms with Gasteiger partial charge in [0.25, 0.3) is 23.6 Å². The largest absolute Gasteiger partial charge is 0.457 e. The summed E-state index contributed by atoms with van der Waals surface area (Å²) in [6.45, 7) is 6.44. The van der Waals surface area contributed by atoms with Crippen molar-refractivity contribution in [2.24, 2.45) is 11.8 Å². The summed E-state index contributed by atoms with van der Waals surface area (Å²) in [5, 5.41) is 0. The Bertz CT molecular complexity index is 2320. The second-order valence-corrected chi connectivity index (χ2v) is 15.2. The lowest BCUT2D eigenvalue weighted by Crippen LogP contribution is -2.44. The molecule has 4 aromatic rings. The van der Waals surface area contributed by atoms with E-state index in [9.17, 15) is 38.4 Å².